The molecular formula is C15H27N3O2. The van der Waals surface area contributed by atoms with E-state index in [-0.39, 0.29) is 12.1 Å². The molecule has 1 saturated carbocycles. The van der Waals surface area contributed by atoms with Crippen LogP contribution >= 0.6 is 0 Å². The molecule has 0 aromatic heterocycles. The molecule has 2 unspecified atom stereocenters. The summed E-state index contributed by atoms with van der Waals surface area (Å²) in [5.41, 5.74) is 0. The van der Waals surface area contributed by atoms with Crippen LogP contribution in [0.5, 0.6) is 0 Å². The van der Waals surface area contributed by atoms with Gasteiger partial charge in [0.2, 0.25) is 0 Å². The Labute approximate surface area is 121 Å². The molecule has 2 amide bonds. The van der Waals surface area contributed by atoms with Crippen LogP contribution in [-0.4, -0.2) is 65.3 Å². The Morgan fingerprint density at radius 1 is 1.00 bits per heavy atom. The minimum absolute atomic E-state index is 0.118. The van der Waals surface area contributed by atoms with Gasteiger partial charge in [-0.15, -0.1) is 0 Å². The number of rotatable bonds is 2. The third-order valence-corrected chi connectivity index (χ3v) is 5.22. The molecule has 5 nitrogen and oxygen atoms in total. The van der Waals surface area contributed by atoms with E-state index in [4.69, 9.17) is 0 Å². The number of hydrogen-bond acceptors (Lipinski definition) is 3. The van der Waals surface area contributed by atoms with Gasteiger partial charge in [0.25, 0.3) is 0 Å². The van der Waals surface area contributed by atoms with Gasteiger partial charge in [-0.1, -0.05) is 12.8 Å². The number of amides is 2. The van der Waals surface area contributed by atoms with E-state index < -0.39 is 0 Å². The van der Waals surface area contributed by atoms with Crippen molar-refractivity contribution in [1.29, 1.82) is 0 Å². The van der Waals surface area contributed by atoms with Gasteiger partial charge in [0.1, 0.15) is 0 Å². The monoisotopic (exact) mass is 281 g/mol. The molecule has 1 aliphatic carbocycles. The second kappa shape index (κ2) is 6.31. The summed E-state index contributed by atoms with van der Waals surface area (Å²) in [5.74, 6) is 0. The first-order chi connectivity index (χ1) is 9.75. The Bertz CT molecular complexity index is 342. The largest absolute Gasteiger partial charge is 0.391 e. The normalized spacial score (nSPS) is 34.0. The zero-order valence-corrected chi connectivity index (χ0v) is 12.3. The number of hydrogen-bond donors (Lipinski definition) is 2. The lowest BCUT2D eigenvalue weighted by molar-refractivity contribution is -0.000676. The molecule has 0 aromatic carbocycles. The van der Waals surface area contributed by atoms with E-state index in [0.717, 1.165) is 58.3 Å². The van der Waals surface area contributed by atoms with Crippen molar-refractivity contribution in [2.45, 2.75) is 63.1 Å². The fraction of sp³-hybridized carbons (Fsp3) is 0.933. The Morgan fingerprint density at radius 2 is 1.75 bits per heavy atom. The molecule has 3 rings (SSSR count). The molecule has 2 aliphatic heterocycles. The molecule has 0 aromatic rings. The molecule has 3 aliphatic rings. The van der Waals surface area contributed by atoms with Crippen molar-refractivity contribution >= 4 is 6.03 Å². The van der Waals surface area contributed by atoms with Gasteiger partial charge in [0.15, 0.2) is 0 Å². The molecule has 0 spiro atoms. The fourth-order valence-corrected chi connectivity index (χ4v) is 4.04. The van der Waals surface area contributed by atoms with E-state index in [0.29, 0.717) is 12.1 Å². The summed E-state index contributed by atoms with van der Waals surface area (Å²) in [5, 5.41) is 13.1. The van der Waals surface area contributed by atoms with E-state index in [9.17, 15) is 9.90 Å². The van der Waals surface area contributed by atoms with Gasteiger partial charge in [-0.25, -0.2) is 4.79 Å². The van der Waals surface area contributed by atoms with Crippen molar-refractivity contribution in [2.24, 2.45) is 0 Å². The third kappa shape index (κ3) is 2.93. The minimum atomic E-state index is -0.140. The molecule has 2 atom stereocenters. The van der Waals surface area contributed by atoms with Gasteiger partial charge in [-0.2, -0.15) is 0 Å². The van der Waals surface area contributed by atoms with Gasteiger partial charge >= 0.3 is 6.03 Å². The highest BCUT2D eigenvalue weighted by Crippen LogP contribution is 2.27. The maximum absolute atomic E-state index is 11.9. The van der Waals surface area contributed by atoms with Crippen LogP contribution in [0.15, 0.2) is 0 Å². The summed E-state index contributed by atoms with van der Waals surface area (Å²) in [4.78, 5) is 16.4. The summed E-state index contributed by atoms with van der Waals surface area (Å²) in [6.45, 7) is 3.78. The van der Waals surface area contributed by atoms with Gasteiger partial charge in [-0.3, -0.25) is 4.90 Å². The van der Waals surface area contributed by atoms with Crippen molar-refractivity contribution in [3.63, 3.8) is 0 Å². The lowest BCUT2D eigenvalue weighted by atomic mass is 9.89. The molecule has 0 bridgehead atoms. The highest BCUT2D eigenvalue weighted by Gasteiger charge is 2.34. The Balaban J connectivity index is 1.52. The van der Waals surface area contributed by atoms with Gasteiger partial charge in [-0.05, 0) is 32.1 Å². The molecule has 0 radical (unpaired) electrons. The van der Waals surface area contributed by atoms with E-state index in [1.54, 1.807) is 0 Å². The number of urea groups is 1. The maximum atomic E-state index is 11.9. The highest BCUT2D eigenvalue weighted by atomic mass is 16.3. The molecule has 5 heteroatoms. The maximum Gasteiger partial charge on any atom is 0.317 e. The van der Waals surface area contributed by atoms with E-state index >= 15 is 0 Å². The van der Waals surface area contributed by atoms with Crippen LogP contribution in [0.2, 0.25) is 0 Å². The molecule has 20 heavy (non-hydrogen) atoms. The summed E-state index contributed by atoms with van der Waals surface area (Å²) in [7, 11) is 0. The molecular weight excluding hydrogens is 254 g/mol. The molecule has 3 fully saturated rings. The predicted molar refractivity (Wildman–Crippen MR) is 77.6 cm³/mol. The Morgan fingerprint density at radius 3 is 2.45 bits per heavy atom. The number of carbonyl (C=O) groups excluding carboxylic acids is 1. The quantitative estimate of drug-likeness (QED) is 0.799. The second-order valence-corrected chi connectivity index (χ2v) is 6.47. The Hall–Kier alpha value is -0.810. The SMILES string of the molecule is O=C1NCCCN1C1CCN(C2CCCCC2O)CC1. The van der Waals surface area contributed by atoms with Gasteiger partial charge in [0, 0.05) is 38.3 Å². The molecule has 114 valence electrons. The van der Waals surface area contributed by atoms with E-state index in [1.165, 1.54) is 12.8 Å². The number of likely N-dealkylation sites (tertiary alicyclic amines) is 1. The number of aliphatic hydroxyl groups is 1. The van der Waals surface area contributed by atoms with Crippen molar-refractivity contribution in [2.75, 3.05) is 26.2 Å². The zero-order valence-electron chi connectivity index (χ0n) is 12.3. The molecule has 2 heterocycles. The average Bonchev–Trinajstić information content (AvgIpc) is 2.49. The third-order valence-electron chi connectivity index (χ3n) is 5.22. The first kappa shape index (κ1) is 14.1. The summed E-state index contributed by atoms with van der Waals surface area (Å²) in [6, 6.07) is 0.875. The lowest BCUT2D eigenvalue weighted by Crippen LogP contribution is -2.56. The van der Waals surface area contributed by atoms with Gasteiger partial charge < -0.3 is 15.3 Å². The van der Waals surface area contributed by atoms with E-state index in [1.807, 2.05) is 4.90 Å². The second-order valence-electron chi connectivity index (χ2n) is 6.47. The number of carbonyl (C=O) groups is 1. The molecule has 2 N–H and O–H groups in total. The highest BCUT2D eigenvalue weighted by molar-refractivity contribution is 5.75. The van der Waals surface area contributed by atoms with Crippen LogP contribution in [0.25, 0.3) is 0 Å². The summed E-state index contributed by atoms with van der Waals surface area (Å²) >= 11 is 0. The van der Waals surface area contributed by atoms with Crippen LogP contribution in [0.3, 0.4) is 0 Å². The van der Waals surface area contributed by atoms with Crippen LogP contribution in [0.4, 0.5) is 4.79 Å². The van der Waals surface area contributed by atoms with Gasteiger partial charge in [0.05, 0.1) is 6.10 Å². The topological polar surface area (TPSA) is 55.8 Å². The van der Waals surface area contributed by atoms with Crippen LogP contribution in [0, 0.1) is 0 Å². The molecule has 2 saturated heterocycles. The minimum Gasteiger partial charge on any atom is -0.391 e. The standard InChI is InChI=1S/C15H27N3O2/c19-14-5-2-1-4-13(14)17-10-6-12(7-11-17)18-9-3-8-16-15(18)20/h12-14,19H,1-11H2,(H,16,20). The number of nitrogens with one attached hydrogen (secondary N) is 1. The number of aliphatic hydroxyl groups excluding tert-OH is 1. The van der Waals surface area contributed by atoms with Crippen molar-refractivity contribution in [3.8, 4) is 0 Å². The average molecular weight is 281 g/mol. The predicted octanol–water partition coefficient (Wildman–Crippen LogP) is 1.17. The summed E-state index contributed by atoms with van der Waals surface area (Å²) < 4.78 is 0. The summed E-state index contributed by atoms with van der Waals surface area (Å²) in [6.07, 6.45) is 7.53. The zero-order chi connectivity index (χ0) is 13.9. The lowest BCUT2D eigenvalue weighted by Gasteiger charge is -2.44. The first-order valence-corrected chi connectivity index (χ1v) is 8.22. The van der Waals surface area contributed by atoms with Crippen molar-refractivity contribution in [3.05, 3.63) is 0 Å². The van der Waals surface area contributed by atoms with Crippen molar-refractivity contribution < 1.29 is 9.90 Å². The fourth-order valence-electron chi connectivity index (χ4n) is 4.04. The van der Waals surface area contributed by atoms with Crippen LogP contribution < -0.4 is 5.32 Å². The number of piperidine rings is 1. The van der Waals surface area contributed by atoms with Crippen LogP contribution in [-0.2, 0) is 0 Å². The Kier molecular flexibility index (Phi) is 4.46. The van der Waals surface area contributed by atoms with E-state index in [2.05, 4.69) is 10.2 Å². The first-order valence-electron chi connectivity index (χ1n) is 8.22. The van der Waals surface area contributed by atoms with Crippen LogP contribution in [0.1, 0.15) is 44.9 Å². The smallest absolute Gasteiger partial charge is 0.317 e. The number of nitrogens with zero attached hydrogens (tertiary/aromatic N) is 2. The van der Waals surface area contributed by atoms with Crippen molar-refractivity contribution in [1.82, 2.24) is 15.1 Å².